The molecule has 63 heavy (non-hydrogen) atoms. The number of rotatable bonds is 8. The topological polar surface area (TPSA) is 40.1 Å². The zero-order valence-electron chi connectivity index (χ0n) is 34.3. The van der Waals surface area contributed by atoms with Gasteiger partial charge in [0.2, 0.25) is 0 Å². The number of anilines is 4. The maximum Gasteiger partial charge on any atom is 0.0991 e. The van der Waals surface area contributed by atoms with E-state index in [1.807, 2.05) is 24.3 Å². The van der Waals surface area contributed by atoms with Gasteiger partial charge >= 0.3 is 0 Å². The summed E-state index contributed by atoms with van der Waals surface area (Å²) < 4.78 is 9.24. The molecule has 1 atom stereocenters. The summed E-state index contributed by atoms with van der Waals surface area (Å²) >= 11 is 4.79. The standard InChI is InChI=1S/C56H39I2N5/c1-37-9-7-13-45(31-37)61-55-30-27-48(63(58)44-24-19-40(20-25-44)39-10-3-2-4-11-39)35-52(55)50-28-21-42(33-56(50)61)41-12-8-14-46(32-41)60-53-16-6-5-15-49(53)51-34-47(26-29-54(51)60)62(57)43-22-17-38(36-59)18-23-43/h2-8,10-35,37H,9H2,1H3. The quantitative estimate of drug-likeness (QED) is 0.112. The van der Waals surface area contributed by atoms with E-state index in [4.69, 9.17) is 0 Å². The first-order valence-electron chi connectivity index (χ1n) is 21.1. The van der Waals surface area contributed by atoms with Crippen molar-refractivity contribution in [3.8, 4) is 34.0 Å². The van der Waals surface area contributed by atoms with E-state index in [2.05, 4.69) is 250 Å². The Bertz CT molecular complexity index is 3480. The van der Waals surface area contributed by atoms with Gasteiger partial charge in [-0.05, 0) is 138 Å². The molecule has 7 heteroatoms. The molecule has 2 aromatic heterocycles. The third kappa shape index (κ3) is 7.07. The van der Waals surface area contributed by atoms with Crippen LogP contribution in [0.5, 0.6) is 0 Å². The van der Waals surface area contributed by atoms with Crippen molar-refractivity contribution in [3.05, 3.63) is 206 Å². The van der Waals surface area contributed by atoms with Gasteiger partial charge < -0.3 is 9.13 Å². The third-order valence-electron chi connectivity index (χ3n) is 12.2. The lowest BCUT2D eigenvalue weighted by Gasteiger charge is -2.18. The second-order valence-electron chi connectivity index (χ2n) is 16.2. The first-order chi connectivity index (χ1) is 30.9. The number of fused-ring (bicyclic) bond motifs is 6. The van der Waals surface area contributed by atoms with Gasteiger partial charge in [-0.3, -0.25) is 6.23 Å². The first-order valence-corrected chi connectivity index (χ1v) is 23.0. The van der Waals surface area contributed by atoms with E-state index in [0.29, 0.717) is 11.5 Å². The number of benzene rings is 8. The summed E-state index contributed by atoms with van der Waals surface area (Å²) in [6.45, 7) is 2.30. The SMILES string of the molecule is CC1C=C(n2c3ccc(N(I)c4ccc(-c5ccccc5)cc4)cc3c3ccc(-c4cccc(-n5c6ccccc6c6cc(N(I)c7ccc(C#N)cc7)ccc65)c4)cc32)C=CC1. The van der Waals surface area contributed by atoms with Crippen molar-refractivity contribution in [2.24, 2.45) is 5.92 Å². The number of nitriles is 1. The maximum absolute atomic E-state index is 9.33. The van der Waals surface area contributed by atoms with Crippen molar-refractivity contribution in [1.82, 2.24) is 9.13 Å². The molecule has 10 aromatic rings. The molecule has 1 aliphatic rings. The Balaban J connectivity index is 0.994. The Labute approximate surface area is 394 Å². The van der Waals surface area contributed by atoms with Crippen LogP contribution in [0.2, 0.25) is 0 Å². The van der Waals surface area contributed by atoms with Crippen LogP contribution < -0.4 is 6.23 Å². The minimum absolute atomic E-state index is 0.457. The second kappa shape index (κ2) is 16.3. The highest BCUT2D eigenvalue weighted by molar-refractivity contribution is 14.1. The molecule has 0 N–H and O–H groups in total. The zero-order valence-corrected chi connectivity index (χ0v) is 38.6. The van der Waals surface area contributed by atoms with E-state index in [0.717, 1.165) is 51.5 Å². The van der Waals surface area contributed by atoms with Crippen LogP contribution in [0.4, 0.5) is 22.7 Å². The van der Waals surface area contributed by atoms with Crippen molar-refractivity contribution in [2.75, 3.05) is 6.23 Å². The van der Waals surface area contributed by atoms with Crippen LogP contribution in [0.15, 0.2) is 200 Å². The summed E-state index contributed by atoms with van der Waals surface area (Å²) in [4.78, 5) is 0. The maximum atomic E-state index is 9.33. The number of nitrogens with zero attached hydrogens (tertiary/aromatic N) is 5. The normalized spacial score (nSPS) is 13.7. The van der Waals surface area contributed by atoms with Crippen LogP contribution in [0, 0.1) is 17.2 Å². The summed E-state index contributed by atoms with van der Waals surface area (Å²) in [5.74, 6) is 0.457. The molecule has 0 aliphatic heterocycles. The van der Waals surface area contributed by atoms with Gasteiger partial charge in [0.05, 0.1) is 102 Å². The van der Waals surface area contributed by atoms with E-state index in [9.17, 15) is 5.26 Å². The highest BCUT2D eigenvalue weighted by Crippen LogP contribution is 2.42. The van der Waals surface area contributed by atoms with Crippen molar-refractivity contribution in [3.63, 3.8) is 0 Å². The highest BCUT2D eigenvalue weighted by atomic mass is 127. The fraction of sp³-hybridized carbons (Fsp3) is 0.0536. The predicted molar refractivity (Wildman–Crippen MR) is 282 cm³/mol. The van der Waals surface area contributed by atoms with Gasteiger partial charge in [0.25, 0.3) is 0 Å². The molecule has 2 heterocycles. The van der Waals surface area contributed by atoms with Gasteiger partial charge in [-0.2, -0.15) is 5.26 Å². The average Bonchev–Trinajstić information content (AvgIpc) is 3.85. The lowest BCUT2D eigenvalue weighted by Crippen LogP contribution is -2.02. The van der Waals surface area contributed by atoms with Gasteiger partial charge in [-0.15, -0.1) is 0 Å². The molecule has 0 saturated heterocycles. The summed E-state index contributed by atoms with van der Waals surface area (Å²) in [6.07, 6.45) is 8.06. The zero-order chi connectivity index (χ0) is 42.6. The molecule has 1 unspecified atom stereocenters. The second-order valence-corrected chi connectivity index (χ2v) is 18.1. The lowest BCUT2D eigenvalue weighted by atomic mass is 10.0. The Morgan fingerprint density at radius 2 is 1.05 bits per heavy atom. The predicted octanol–water partition coefficient (Wildman–Crippen LogP) is 16.5. The van der Waals surface area contributed by atoms with Crippen LogP contribution in [0.1, 0.15) is 18.9 Å². The summed E-state index contributed by atoms with van der Waals surface area (Å²) in [5.41, 5.74) is 16.8. The molecular formula is C56H39I2N5. The van der Waals surface area contributed by atoms with E-state index in [1.165, 1.54) is 55.0 Å². The van der Waals surface area contributed by atoms with Gasteiger partial charge in [-0.25, -0.2) is 0 Å². The molecule has 0 saturated carbocycles. The highest BCUT2D eigenvalue weighted by Gasteiger charge is 2.20. The minimum atomic E-state index is 0.457. The van der Waals surface area contributed by atoms with E-state index < -0.39 is 0 Å². The van der Waals surface area contributed by atoms with Crippen LogP contribution in [-0.2, 0) is 0 Å². The number of hydrogen-bond acceptors (Lipinski definition) is 3. The van der Waals surface area contributed by atoms with Crippen molar-refractivity contribution in [2.45, 2.75) is 13.3 Å². The van der Waals surface area contributed by atoms with Gasteiger partial charge in [0, 0.05) is 32.9 Å². The van der Waals surface area contributed by atoms with Crippen molar-refractivity contribution >= 4 is 118 Å². The Hall–Kier alpha value is -6.61. The minimum Gasteiger partial charge on any atom is -0.310 e. The van der Waals surface area contributed by atoms with Crippen molar-refractivity contribution in [1.29, 1.82) is 5.26 Å². The molecule has 5 nitrogen and oxygen atoms in total. The molecule has 0 radical (unpaired) electrons. The molecule has 0 amide bonds. The molecule has 0 bridgehead atoms. The Morgan fingerprint density at radius 3 is 1.75 bits per heavy atom. The van der Waals surface area contributed by atoms with Crippen LogP contribution in [0.3, 0.4) is 0 Å². The smallest absolute Gasteiger partial charge is 0.0991 e. The average molecular weight is 1040 g/mol. The number of halogens is 2. The van der Waals surface area contributed by atoms with Gasteiger partial charge in [-0.1, -0.05) is 104 Å². The fourth-order valence-electron chi connectivity index (χ4n) is 9.12. The summed E-state index contributed by atoms with van der Waals surface area (Å²) in [7, 11) is 0. The van der Waals surface area contributed by atoms with E-state index >= 15 is 0 Å². The largest absolute Gasteiger partial charge is 0.310 e. The molecule has 302 valence electrons. The molecule has 0 spiro atoms. The molecule has 1 aliphatic carbocycles. The van der Waals surface area contributed by atoms with Gasteiger partial charge in [0.1, 0.15) is 0 Å². The van der Waals surface area contributed by atoms with E-state index in [1.54, 1.807) is 0 Å². The monoisotopic (exact) mass is 1040 g/mol. The summed E-state index contributed by atoms with van der Waals surface area (Å²) in [5, 5.41) is 14.2. The first kappa shape index (κ1) is 39.3. The molecule has 8 aromatic carbocycles. The van der Waals surface area contributed by atoms with Crippen LogP contribution >= 0.6 is 45.7 Å². The fourth-order valence-corrected chi connectivity index (χ4v) is 10.4. The summed E-state index contributed by atoms with van der Waals surface area (Å²) in [6, 6.07) is 67.5. The molecular weight excluding hydrogens is 996 g/mol. The number of allylic oxidation sites excluding steroid dienone is 4. The Morgan fingerprint density at radius 1 is 0.492 bits per heavy atom. The number of para-hydroxylation sites is 1. The lowest BCUT2D eigenvalue weighted by molar-refractivity contribution is 0.735. The van der Waals surface area contributed by atoms with Crippen molar-refractivity contribution < 1.29 is 0 Å². The Kier molecular flexibility index (Phi) is 10.1. The third-order valence-corrected chi connectivity index (χ3v) is 14.5. The van der Waals surface area contributed by atoms with Crippen LogP contribution in [0.25, 0.3) is 77.2 Å². The van der Waals surface area contributed by atoms with Crippen LogP contribution in [-0.4, -0.2) is 9.13 Å². The number of hydrogen-bond donors (Lipinski definition) is 0. The molecule has 0 fully saturated rings. The van der Waals surface area contributed by atoms with E-state index in [-0.39, 0.29) is 0 Å². The molecule has 11 rings (SSSR count). The van der Waals surface area contributed by atoms with Gasteiger partial charge in [0.15, 0.2) is 0 Å². The number of aromatic nitrogens is 2.